The highest BCUT2D eigenvalue weighted by Crippen LogP contribution is 2.47. The molecule has 4 amide bonds. The molecule has 0 bridgehead atoms. The topological polar surface area (TPSA) is 136 Å². The summed E-state index contributed by atoms with van der Waals surface area (Å²) in [6, 6.07) is 20.7. The molecule has 0 aliphatic rings. The lowest BCUT2D eigenvalue weighted by atomic mass is 10.1. The summed E-state index contributed by atoms with van der Waals surface area (Å²) in [5.41, 5.74) is 1.64. The number of nitrogens with zero attached hydrogens (tertiary/aromatic N) is 2. The third-order valence-corrected chi connectivity index (χ3v) is 12.7. The molecule has 0 atom stereocenters. The monoisotopic (exact) mass is 838 g/mol. The van der Waals surface area contributed by atoms with Gasteiger partial charge in [-0.15, -0.1) is 45.3 Å². The van der Waals surface area contributed by atoms with Crippen molar-refractivity contribution in [3.63, 3.8) is 0 Å². The molecule has 298 valence electrons. The molecular weight excluding hydrogens is 793 g/mol. The number of aryl methyl sites for hydroxylation is 2. The van der Waals surface area contributed by atoms with E-state index in [0.29, 0.717) is 11.5 Å². The molecular formula is C40H46N4O8S4. The lowest BCUT2D eigenvalue weighted by Gasteiger charge is -2.17. The van der Waals surface area contributed by atoms with Crippen molar-refractivity contribution in [3.05, 3.63) is 70.4 Å². The molecule has 4 heterocycles. The summed E-state index contributed by atoms with van der Waals surface area (Å²) >= 11 is 6.76. The van der Waals surface area contributed by atoms with Gasteiger partial charge in [-0.05, 0) is 74.5 Å². The highest BCUT2D eigenvalue weighted by Gasteiger charge is 2.20. The van der Waals surface area contributed by atoms with Crippen LogP contribution >= 0.6 is 45.3 Å². The van der Waals surface area contributed by atoms with E-state index in [0.717, 1.165) is 30.6 Å². The van der Waals surface area contributed by atoms with Crippen molar-refractivity contribution in [1.82, 2.24) is 20.4 Å². The van der Waals surface area contributed by atoms with Crippen LogP contribution in [-0.4, -0.2) is 114 Å². The van der Waals surface area contributed by atoms with E-state index in [-0.39, 0.29) is 76.4 Å². The maximum absolute atomic E-state index is 12.4. The number of amides is 4. The highest BCUT2D eigenvalue weighted by atomic mass is 32.1. The summed E-state index contributed by atoms with van der Waals surface area (Å²) in [5.74, 6) is 0.0738. The van der Waals surface area contributed by atoms with E-state index in [1.54, 1.807) is 73.5 Å². The molecule has 0 radical (unpaired) electrons. The van der Waals surface area contributed by atoms with Crippen LogP contribution < -0.4 is 20.1 Å². The zero-order valence-corrected chi connectivity index (χ0v) is 35.5. The zero-order valence-electron chi connectivity index (χ0n) is 32.2. The fraction of sp³-hybridized carbons (Fsp3) is 0.350. The van der Waals surface area contributed by atoms with Crippen LogP contribution in [0.3, 0.4) is 0 Å². The quantitative estimate of drug-likeness (QED) is 0.0859. The summed E-state index contributed by atoms with van der Waals surface area (Å²) in [7, 11) is 6.50. The number of carbonyl (C=O) groups excluding carboxylic acids is 4. The van der Waals surface area contributed by atoms with Gasteiger partial charge in [0.15, 0.2) is 0 Å². The molecule has 1 aromatic carbocycles. The minimum Gasteiger partial charge on any atom is -0.491 e. The molecule has 0 fully saturated rings. The largest absolute Gasteiger partial charge is 0.491 e. The first-order valence-corrected chi connectivity index (χ1v) is 21.0. The summed E-state index contributed by atoms with van der Waals surface area (Å²) in [6.45, 7) is 4.12. The van der Waals surface area contributed by atoms with Gasteiger partial charge >= 0.3 is 0 Å². The fourth-order valence-corrected chi connectivity index (χ4v) is 9.04. The molecule has 0 saturated heterocycles. The summed E-state index contributed by atoms with van der Waals surface area (Å²) in [4.78, 5) is 60.2. The second kappa shape index (κ2) is 20.5. The number of nitrogens with one attached hydrogen (secondary N) is 2. The van der Waals surface area contributed by atoms with Gasteiger partial charge in [-0.3, -0.25) is 19.2 Å². The number of benzene rings is 1. The molecule has 0 aliphatic heterocycles. The number of hydrogen-bond donors (Lipinski definition) is 2. The van der Waals surface area contributed by atoms with E-state index >= 15 is 0 Å². The summed E-state index contributed by atoms with van der Waals surface area (Å²) < 4.78 is 23.3. The molecule has 2 N–H and O–H groups in total. The minimum atomic E-state index is -0.352. The fourth-order valence-electron chi connectivity index (χ4n) is 5.07. The number of carbonyl (C=O) groups is 4. The van der Waals surface area contributed by atoms with Crippen molar-refractivity contribution in [1.29, 1.82) is 0 Å². The molecule has 56 heavy (non-hydrogen) atoms. The van der Waals surface area contributed by atoms with E-state index in [4.69, 9.17) is 18.9 Å². The van der Waals surface area contributed by atoms with Crippen molar-refractivity contribution in [2.24, 2.45) is 0 Å². The van der Waals surface area contributed by atoms with Gasteiger partial charge in [-0.1, -0.05) is 0 Å². The van der Waals surface area contributed by atoms with Crippen molar-refractivity contribution < 1.29 is 38.1 Å². The molecule has 4 aromatic heterocycles. The van der Waals surface area contributed by atoms with Crippen LogP contribution in [0.15, 0.2) is 60.7 Å². The van der Waals surface area contributed by atoms with Gasteiger partial charge in [0, 0.05) is 78.3 Å². The Kier molecular flexibility index (Phi) is 15.6. The van der Waals surface area contributed by atoms with Gasteiger partial charge in [-0.2, -0.15) is 0 Å². The zero-order chi connectivity index (χ0) is 40.2. The van der Waals surface area contributed by atoms with Crippen LogP contribution in [0.2, 0.25) is 0 Å². The van der Waals surface area contributed by atoms with Crippen LogP contribution in [0, 0.1) is 13.8 Å². The first kappa shape index (κ1) is 42.6. The lowest BCUT2D eigenvalue weighted by molar-refractivity contribution is -0.137. The number of hydrogen-bond acceptors (Lipinski definition) is 12. The maximum atomic E-state index is 12.4. The van der Waals surface area contributed by atoms with Gasteiger partial charge in [0.05, 0.1) is 13.1 Å². The highest BCUT2D eigenvalue weighted by molar-refractivity contribution is 7.24. The number of ether oxygens (including phenoxy) is 4. The van der Waals surface area contributed by atoms with E-state index in [1.807, 2.05) is 12.1 Å². The number of likely N-dealkylation sites (N-methyl/N-ethyl adjacent to an activating group) is 2. The van der Waals surface area contributed by atoms with Crippen molar-refractivity contribution in [2.45, 2.75) is 13.8 Å². The molecule has 0 unspecified atom stereocenters. The van der Waals surface area contributed by atoms with E-state index < -0.39 is 0 Å². The van der Waals surface area contributed by atoms with Gasteiger partial charge < -0.3 is 39.4 Å². The van der Waals surface area contributed by atoms with Crippen molar-refractivity contribution >= 4 is 69.0 Å². The number of rotatable bonds is 20. The number of thiophene rings is 4. The van der Waals surface area contributed by atoms with Crippen LogP contribution in [0.4, 0.5) is 0 Å². The predicted molar refractivity (Wildman–Crippen MR) is 225 cm³/mol. The molecule has 0 aliphatic carbocycles. The predicted octanol–water partition coefficient (Wildman–Crippen LogP) is 6.42. The first-order valence-electron chi connectivity index (χ1n) is 17.7. The third kappa shape index (κ3) is 12.2. The smallest absolute Gasteiger partial charge is 0.248 e. The van der Waals surface area contributed by atoms with Gasteiger partial charge in [-0.25, -0.2) is 0 Å². The molecule has 0 saturated carbocycles. The lowest BCUT2D eigenvalue weighted by Crippen LogP contribution is -2.33. The Labute approximate surface area is 343 Å². The standard InChI is InChI=1S/C40H46N4O8S4/c1-25-7-9-33(53-25)35-13-11-31(55-35)27-19-30(52-18-16-42-38(46)22-50-24-40(48)44(5)6)28(32-12-14-36(56-32)34-10-8-26(2)54-34)20-29(27)51-17-15-41-37(45)21-49-23-39(47)43(3)4/h7-14,19-20H,15-18,21-24H2,1-6H3,(H,41,45)(H,42,46). The molecule has 5 aromatic rings. The van der Waals surface area contributed by atoms with Crippen LogP contribution in [-0.2, 0) is 28.7 Å². The maximum Gasteiger partial charge on any atom is 0.248 e. The Hall–Kier alpha value is -4.58. The Morgan fingerprint density at radius 1 is 0.518 bits per heavy atom. The van der Waals surface area contributed by atoms with E-state index in [9.17, 15) is 19.2 Å². The first-order chi connectivity index (χ1) is 26.9. The van der Waals surface area contributed by atoms with Gasteiger partial charge in [0.2, 0.25) is 23.6 Å². The average Bonchev–Trinajstić information content (AvgIpc) is 4.00. The van der Waals surface area contributed by atoms with E-state index in [2.05, 4.69) is 73.0 Å². The Bertz CT molecular complexity index is 1970. The van der Waals surface area contributed by atoms with Crippen molar-refractivity contribution in [3.8, 4) is 51.9 Å². The van der Waals surface area contributed by atoms with Crippen LogP contribution in [0.1, 0.15) is 9.75 Å². The SMILES string of the molecule is Cc1ccc(-c2ccc(-c3cc(OCCNC(=O)COCC(=O)N(C)C)c(-c4ccc(-c5ccc(C)s5)s4)cc3OCCNC(=O)COCC(=O)N(C)C)s2)s1. The molecule has 5 rings (SSSR count). The van der Waals surface area contributed by atoms with Crippen LogP contribution in [0.25, 0.3) is 40.4 Å². The third-order valence-electron chi connectivity index (χ3n) is 8.07. The van der Waals surface area contributed by atoms with Gasteiger partial charge in [0.25, 0.3) is 0 Å². The second-order valence-electron chi connectivity index (χ2n) is 13.0. The minimum absolute atomic E-state index is 0.176. The van der Waals surface area contributed by atoms with Crippen molar-refractivity contribution in [2.75, 3.05) is 80.9 Å². The molecule has 0 spiro atoms. The normalized spacial score (nSPS) is 11.0. The Balaban J connectivity index is 1.38. The average molecular weight is 839 g/mol. The molecule has 16 heteroatoms. The van der Waals surface area contributed by atoms with Crippen LogP contribution in [0.5, 0.6) is 11.5 Å². The summed E-state index contributed by atoms with van der Waals surface area (Å²) in [6.07, 6.45) is 0. The van der Waals surface area contributed by atoms with E-state index in [1.165, 1.54) is 29.3 Å². The second-order valence-corrected chi connectivity index (χ2v) is 17.7. The summed E-state index contributed by atoms with van der Waals surface area (Å²) in [5, 5.41) is 5.59. The molecule has 12 nitrogen and oxygen atoms in total. The van der Waals surface area contributed by atoms with Gasteiger partial charge in [0.1, 0.15) is 51.1 Å². The Morgan fingerprint density at radius 3 is 1.23 bits per heavy atom. The Morgan fingerprint density at radius 2 is 0.875 bits per heavy atom.